The van der Waals surface area contributed by atoms with Crippen LogP contribution in [0.5, 0.6) is 0 Å². The number of hydrogen-bond acceptors (Lipinski definition) is 3. The second-order valence-electron chi connectivity index (χ2n) is 23.5. The quantitative estimate of drug-likeness (QED) is 0.161. The molecule has 0 saturated carbocycles. The molecule has 0 unspecified atom stereocenters. The fourth-order valence-electron chi connectivity index (χ4n) is 12.3. The Kier molecular flexibility index (Phi) is 7.89. The number of nitrogens with zero attached hydrogens (tertiary/aromatic N) is 2. The van der Waals surface area contributed by atoms with Crippen molar-refractivity contribution in [3.8, 4) is 0 Å². The first-order valence-corrected chi connectivity index (χ1v) is 23.0. The van der Waals surface area contributed by atoms with Gasteiger partial charge in [-0.25, -0.2) is 0 Å². The summed E-state index contributed by atoms with van der Waals surface area (Å²) in [5.74, 6) is 0. The summed E-state index contributed by atoms with van der Waals surface area (Å²) >= 11 is 2.02. The van der Waals surface area contributed by atoms with E-state index in [9.17, 15) is 0 Å². The lowest BCUT2D eigenvalue weighted by Gasteiger charge is -2.44. The predicted octanol–water partition coefficient (Wildman–Crippen LogP) is 13.8. The van der Waals surface area contributed by atoms with Crippen LogP contribution in [-0.4, -0.2) is 6.71 Å². The highest BCUT2D eigenvalue weighted by Gasteiger charge is 2.50. The molecule has 0 amide bonds. The third kappa shape index (κ3) is 5.63. The van der Waals surface area contributed by atoms with Crippen molar-refractivity contribution in [3.63, 3.8) is 0 Å². The van der Waals surface area contributed by atoms with Gasteiger partial charge in [0.1, 0.15) is 0 Å². The first-order chi connectivity index (χ1) is 27.4. The molecule has 0 N–H and O–H groups in total. The molecule has 2 aliphatic heterocycles. The summed E-state index contributed by atoms with van der Waals surface area (Å²) in [5, 5.41) is 1.36. The second kappa shape index (κ2) is 12.0. The monoisotopic (exact) mass is 794 g/mol. The van der Waals surface area contributed by atoms with Crippen molar-refractivity contribution in [2.45, 2.75) is 149 Å². The van der Waals surface area contributed by atoms with E-state index >= 15 is 0 Å². The molecular weight excluding hydrogens is 731 g/mol. The first kappa shape index (κ1) is 38.9. The van der Waals surface area contributed by atoms with E-state index < -0.39 is 0 Å². The third-order valence-electron chi connectivity index (χ3n) is 14.7. The molecule has 4 heteroatoms. The van der Waals surface area contributed by atoms with E-state index in [1.807, 2.05) is 11.3 Å². The minimum atomic E-state index is 0.0368. The first-order valence-electron chi connectivity index (χ1n) is 22.1. The standard InChI is InChI=1S/C55H63BN2S/c1-32-24-44-47-45(25-32)58(35-19-16-33(17-20-35)50(2,3)4)48-37-26-34(51(5,6)7)18-23-46(37)59-49(48)56(47)42-28-40-41(55(14,15)31-54(40,12)13)29-43(42)57(44)36-21-22-38-39(27-36)53(10,11)30-52(38,8)9/h16-29H,30-31H2,1-15H3. The number of benzene rings is 5. The zero-order valence-electron chi connectivity index (χ0n) is 38.4. The van der Waals surface area contributed by atoms with Gasteiger partial charge in [-0.15, -0.1) is 11.3 Å². The summed E-state index contributed by atoms with van der Waals surface area (Å²) in [6.45, 7) is 36.1. The lowest BCUT2D eigenvalue weighted by atomic mass is 9.36. The number of thiophene rings is 1. The Labute approximate surface area is 359 Å². The number of hydrogen-bond donors (Lipinski definition) is 0. The van der Waals surface area contributed by atoms with E-state index in [2.05, 4.69) is 199 Å². The van der Waals surface area contributed by atoms with E-state index in [0.717, 1.165) is 12.8 Å². The van der Waals surface area contributed by atoms with Crippen LogP contribution in [0, 0.1) is 6.92 Å². The van der Waals surface area contributed by atoms with Gasteiger partial charge in [0.15, 0.2) is 0 Å². The normalized spacial score (nSPS) is 19.1. The number of rotatable bonds is 2. The van der Waals surface area contributed by atoms with Crippen LogP contribution in [0.15, 0.2) is 84.9 Å². The average Bonchev–Trinajstić information content (AvgIpc) is 3.66. The van der Waals surface area contributed by atoms with Crippen LogP contribution in [-0.2, 0) is 32.5 Å². The fourth-order valence-corrected chi connectivity index (χ4v) is 13.6. The predicted molar refractivity (Wildman–Crippen MR) is 259 cm³/mol. The molecule has 4 aliphatic rings. The van der Waals surface area contributed by atoms with Crippen molar-refractivity contribution in [2.24, 2.45) is 0 Å². The molecule has 5 aromatic carbocycles. The van der Waals surface area contributed by atoms with Crippen molar-refractivity contribution >= 4 is 78.0 Å². The van der Waals surface area contributed by atoms with E-state index in [-0.39, 0.29) is 39.2 Å². The molecule has 0 atom stereocenters. The molecule has 1 aromatic heterocycles. The van der Waals surface area contributed by atoms with Gasteiger partial charge in [-0.05, 0) is 157 Å². The summed E-state index contributed by atoms with van der Waals surface area (Å²) in [6, 6.07) is 34.6. The van der Waals surface area contributed by atoms with E-state index in [4.69, 9.17) is 0 Å². The summed E-state index contributed by atoms with van der Waals surface area (Å²) in [4.78, 5) is 5.32. The molecule has 0 saturated heterocycles. The van der Waals surface area contributed by atoms with Crippen molar-refractivity contribution in [1.29, 1.82) is 0 Å². The molecule has 10 rings (SSSR count). The minimum absolute atomic E-state index is 0.0368. The average molecular weight is 795 g/mol. The Bertz CT molecular complexity index is 2760. The van der Waals surface area contributed by atoms with Gasteiger partial charge >= 0.3 is 0 Å². The topological polar surface area (TPSA) is 6.48 Å². The largest absolute Gasteiger partial charge is 0.311 e. The van der Waals surface area contributed by atoms with Crippen LogP contribution in [0.2, 0.25) is 0 Å². The van der Waals surface area contributed by atoms with E-state index in [0.29, 0.717) is 0 Å². The van der Waals surface area contributed by atoms with Crippen LogP contribution < -0.4 is 25.5 Å². The van der Waals surface area contributed by atoms with Gasteiger partial charge in [0.05, 0.1) is 5.69 Å². The summed E-state index contributed by atoms with van der Waals surface area (Å²) in [5.41, 5.74) is 21.2. The maximum Gasteiger partial charge on any atom is 0.264 e. The number of anilines is 6. The van der Waals surface area contributed by atoms with Gasteiger partial charge in [0.2, 0.25) is 0 Å². The molecule has 0 radical (unpaired) electrons. The Morgan fingerprint density at radius 2 is 1.05 bits per heavy atom. The van der Waals surface area contributed by atoms with Crippen molar-refractivity contribution in [3.05, 3.63) is 124 Å². The molecular formula is C55H63BN2S. The van der Waals surface area contributed by atoms with Crippen molar-refractivity contribution in [1.82, 2.24) is 0 Å². The SMILES string of the molecule is Cc1cc2c3c(c1)N(c1ccc(C(C)(C)C)cc1)c1c(sc4ccc(C(C)(C)C)cc14)B3c1cc3c(cc1N2c1ccc2c(c1)C(C)(C)CC2(C)C)C(C)(C)CC3(C)C. The van der Waals surface area contributed by atoms with Gasteiger partial charge in [0, 0.05) is 43.3 Å². The van der Waals surface area contributed by atoms with Crippen LogP contribution in [0.3, 0.4) is 0 Å². The maximum atomic E-state index is 2.68. The zero-order valence-corrected chi connectivity index (χ0v) is 39.2. The van der Waals surface area contributed by atoms with Gasteiger partial charge in [-0.3, -0.25) is 0 Å². The highest BCUT2D eigenvalue weighted by Crippen LogP contribution is 2.55. The molecule has 302 valence electrons. The number of aryl methyl sites for hydroxylation is 1. The van der Waals surface area contributed by atoms with Crippen molar-refractivity contribution < 1.29 is 0 Å². The fraction of sp³-hybridized carbons (Fsp3) is 0.418. The van der Waals surface area contributed by atoms with Crippen LogP contribution in [0.1, 0.15) is 149 Å². The summed E-state index contributed by atoms with van der Waals surface area (Å²) in [6.07, 6.45) is 2.30. The van der Waals surface area contributed by atoms with E-state index in [1.54, 1.807) is 0 Å². The molecule has 2 aliphatic carbocycles. The van der Waals surface area contributed by atoms with Gasteiger partial charge in [0.25, 0.3) is 6.71 Å². The zero-order chi connectivity index (χ0) is 42.1. The Morgan fingerprint density at radius 1 is 0.525 bits per heavy atom. The molecule has 2 nitrogen and oxygen atoms in total. The third-order valence-corrected chi connectivity index (χ3v) is 16.0. The molecule has 3 heterocycles. The molecule has 0 spiro atoms. The summed E-state index contributed by atoms with van der Waals surface area (Å²) in [7, 11) is 0. The van der Waals surface area contributed by atoms with Crippen LogP contribution in [0.25, 0.3) is 10.1 Å². The summed E-state index contributed by atoms with van der Waals surface area (Å²) < 4.78 is 2.82. The van der Waals surface area contributed by atoms with Crippen LogP contribution in [0.4, 0.5) is 34.1 Å². The number of fused-ring (bicyclic) bond motifs is 8. The lowest BCUT2D eigenvalue weighted by Crippen LogP contribution is -2.60. The molecule has 6 aromatic rings. The Hall–Kier alpha value is -4.28. The highest BCUT2D eigenvalue weighted by molar-refractivity contribution is 7.33. The Balaban J connectivity index is 1.32. The molecule has 0 bridgehead atoms. The highest BCUT2D eigenvalue weighted by atomic mass is 32.1. The minimum Gasteiger partial charge on any atom is -0.311 e. The van der Waals surface area contributed by atoms with Crippen molar-refractivity contribution in [2.75, 3.05) is 9.80 Å². The molecule has 59 heavy (non-hydrogen) atoms. The van der Waals surface area contributed by atoms with Crippen LogP contribution >= 0.6 is 11.3 Å². The van der Waals surface area contributed by atoms with Gasteiger partial charge in [-0.1, -0.05) is 127 Å². The lowest BCUT2D eigenvalue weighted by molar-refractivity contribution is 0.403. The second-order valence-corrected chi connectivity index (χ2v) is 24.6. The maximum absolute atomic E-state index is 2.68. The Morgan fingerprint density at radius 3 is 1.66 bits per heavy atom. The van der Waals surface area contributed by atoms with Gasteiger partial charge in [-0.2, -0.15) is 0 Å². The molecule has 0 fully saturated rings. The van der Waals surface area contributed by atoms with E-state index in [1.165, 1.54) is 98.9 Å². The van der Waals surface area contributed by atoms with Gasteiger partial charge < -0.3 is 9.80 Å². The smallest absolute Gasteiger partial charge is 0.264 e.